The Hall–Kier alpha value is -1.57. The Morgan fingerprint density at radius 2 is 2.00 bits per heavy atom. The van der Waals surface area contributed by atoms with Crippen molar-refractivity contribution in [2.45, 2.75) is 45.2 Å². The van der Waals surface area contributed by atoms with Crippen molar-refractivity contribution < 1.29 is 0 Å². The molecule has 0 bridgehead atoms. The summed E-state index contributed by atoms with van der Waals surface area (Å²) in [5, 5.41) is 8.34. The predicted octanol–water partition coefficient (Wildman–Crippen LogP) is 2.14. The summed E-state index contributed by atoms with van der Waals surface area (Å²) in [7, 11) is 0. The highest BCUT2D eigenvalue weighted by molar-refractivity contribution is 7.15. The second kappa shape index (κ2) is 7.35. The normalized spacial score (nSPS) is 21.8. The molecule has 2 aliphatic heterocycles. The standard InChI is InChI=1S/C18H26N6S/c1-12-17(25-13(2)21-12)16-5-9-20-18(23-16)24-10-6-15(11-24)22-14-3-7-19-8-4-14/h5,9,14-15,19,22H,3-4,6-8,10-11H2,1-2H3. The molecule has 0 saturated carbocycles. The molecule has 4 heterocycles. The lowest BCUT2D eigenvalue weighted by atomic mass is 10.1. The van der Waals surface area contributed by atoms with Gasteiger partial charge in [-0.15, -0.1) is 11.3 Å². The summed E-state index contributed by atoms with van der Waals surface area (Å²) in [6.07, 6.45) is 5.49. The Morgan fingerprint density at radius 1 is 1.16 bits per heavy atom. The molecule has 134 valence electrons. The van der Waals surface area contributed by atoms with Crippen LogP contribution in [0.25, 0.3) is 10.6 Å². The first-order valence-corrected chi connectivity index (χ1v) is 10.00. The number of nitrogens with one attached hydrogen (secondary N) is 2. The lowest BCUT2D eigenvalue weighted by Crippen LogP contribution is -2.45. The first-order chi connectivity index (χ1) is 12.2. The molecule has 2 fully saturated rings. The molecule has 6 nitrogen and oxygen atoms in total. The van der Waals surface area contributed by atoms with E-state index in [4.69, 9.17) is 4.98 Å². The smallest absolute Gasteiger partial charge is 0.225 e. The van der Waals surface area contributed by atoms with Gasteiger partial charge in [-0.2, -0.15) is 0 Å². The van der Waals surface area contributed by atoms with Crippen LogP contribution < -0.4 is 15.5 Å². The maximum atomic E-state index is 4.83. The Balaban J connectivity index is 1.44. The summed E-state index contributed by atoms with van der Waals surface area (Å²) in [5.74, 6) is 0.845. The minimum absolute atomic E-state index is 0.544. The second-order valence-electron chi connectivity index (χ2n) is 7.01. The summed E-state index contributed by atoms with van der Waals surface area (Å²) >= 11 is 1.70. The summed E-state index contributed by atoms with van der Waals surface area (Å²) in [5.41, 5.74) is 2.04. The monoisotopic (exact) mass is 358 g/mol. The first kappa shape index (κ1) is 16.9. The van der Waals surface area contributed by atoms with Crippen molar-refractivity contribution in [1.29, 1.82) is 0 Å². The zero-order chi connectivity index (χ0) is 17.2. The minimum Gasteiger partial charge on any atom is -0.339 e. The minimum atomic E-state index is 0.544. The molecular formula is C18H26N6S. The molecule has 2 saturated heterocycles. The molecule has 2 N–H and O–H groups in total. The first-order valence-electron chi connectivity index (χ1n) is 9.18. The molecule has 0 amide bonds. The van der Waals surface area contributed by atoms with Gasteiger partial charge in [0.25, 0.3) is 0 Å². The number of nitrogens with zero attached hydrogens (tertiary/aromatic N) is 4. The van der Waals surface area contributed by atoms with E-state index in [0.717, 1.165) is 59.8 Å². The van der Waals surface area contributed by atoms with Gasteiger partial charge in [-0.05, 0) is 52.3 Å². The predicted molar refractivity (Wildman–Crippen MR) is 102 cm³/mol. The van der Waals surface area contributed by atoms with Crippen molar-refractivity contribution >= 4 is 17.3 Å². The second-order valence-corrected chi connectivity index (χ2v) is 8.22. The highest BCUT2D eigenvalue weighted by atomic mass is 32.1. The van der Waals surface area contributed by atoms with Gasteiger partial charge in [-0.1, -0.05) is 0 Å². The van der Waals surface area contributed by atoms with Crippen molar-refractivity contribution in [2.24, 2.45) is 0 Å². The van der Waals surface area contributed by atoms with Gasteiger partial charge in [0.1, 0.15) is 0 Å². The number of hydrogen-bond acceptors (Lipinski definition) is 7. The van der Waals surface area contributed by atoms with Crippen molar-refractivity contribution in [3.8, 4) is 10.6 Å². The molecule has 0 radical (unpaired) electrons. The molecule has 1 atom stereocenters. The van der Waals surface area contributed by atoms with E-state index < -0.39 is 0 Å². The number of thiazole rings is 1. The molecule has 4 rings (SSSR count). The number of anilines is 1. The highest BCUT2D eigenvalue weighted by Crippen LogP contribution is 2.29. The van der Waals surface area contributed by atoms with Gasteiger partial charge in [-0.3, -0.25) is 0 Å². The molecule has 0 aliphatic carbocycles. The van der Waals surface area contributed by atoms with E-state index in [9.17, 15) is 0 Å². The van der Waals surface area contributed by atoms with Crippen LogP contribution in [0.3, 0.4) is 0 Å². The molecule has 1 unspecified atom stereocenters. The van der Waals surface area contributed by atoms with E-state index in [2.05, 4.69) is 32.4 Å². The molecule has 25 heavy (non-hydrogen) atoms. The average Bonchev–Trinajstić information content (AvgIpc) is 3.22. The topological polar surface area (TPSA) is 66.0 Å². The Bertz CT molecular complexity index is 724. The number of aryl methyl sites for hydroxylation is 2. The number of piperidine rings is 1. The van der Waals surface area contributed by atoms with Crippen LogP contribution in [0.15, 0.2) is 12.3 Å². The molecule has 0 spiro atoms. The molecule has 2 aromatic heterocycles. The van der Waals surface area contributed by atoms with Gasteiger partial charge in [0, 0.05) is 31.4 Å². The maximum absolute atomic E-state index is 4.83. The van der Waals surface area contributed by atoms with Crippen LogP contribution in [0.5, 0.6) is 0 Å². The zero-order valence-corrected chi connectivity index (χ0v) is 15.8. The van der Waals surface area contributed by atoms with Crippen LogP contribution in [-0.4, -0.2) is 53.2 Å². The fraction of sp³-hybridized carbons (Fsp3) is 0.611. The van der Waals surface area contributed by atoms with Gasteiger partial charge in [0.15, 0.2) is 0 Å². The van der Waals surface area contributed by atoms with Crippen molar-refractivity contribution in [3.63, 3.8) is 0 Å². The Morgan fingerprint density at radius 3 is 2.76 bits per heavy atom. The van der Waals surface area contributed by atoms with Gasteiger partial charge in [0.05, 0.1) is 21.3 Å². The Kier molecular flexibility index (Phi) is 4.96. The summed E-state index contributed by atoms with van der Waals surface area (Å²) in [6.45, 7) is 8.37. The van der Waals surface area contributed by atoms with Gasteiger partial charge < -0.3 is 15.5 Å². The highest BCUT2D eigenvalue weighted by Gasteiger charge is 2.27. The Labute approximate surface area is 153 Å². The molecule has 2 aliphatic rings. The van der Waals surface area contributed by atoms with E-state index in [0.29, 0.717) is 12.1 Å². The summed E-state index contributed by atoms with van der Waals surface area (Å²) in [4.78, 5) is 17.3. The van der Waals surface area contributed by atoms with Crippen LogP contribution in [0.1, 0.15) is 30.0 Å². The zero-order valence-electron chi connectivity index (χ0n) is 15.0. The third-order valence-corrected chi connectivity index (χ3v) is 6.16. The fourth-order valence-corrected chi connectivity index (χ4v) is 4.69. The SMILES string of the molecule is Cc1nc(C)c(-c2ccnc(N3CCC(NC4CCNCC4)C3)n2)s1. The largest absolute Gasteiger partial charge is 0.339 e. The van der Waals surface area contributed by atoms with Crippen molar-refractivity contribution in [1.82, 2.24) is 25.6 Å². The van der Waals surface area contributed by atoms with Crippen LogP contribution >= 0.6 is 11.3 Å². The van der Waals surface area contributed by atoms with Crippen LogP contribution in [0, 0.1) is 13.8 Å². The third kappa shape index (κ3) is 3.83. The average molecular weight is 359 g/mol. The molecule has 0 aromatic carbocycles. The number of hydrogen-bond donors (Lipinski definition) is 2. The van der Waals surface area contributed by atoms with E-state index in [1.54, 1.807) is 11.3 Å². The fourth-order valence-electron chi connectivity index (χ4n) is 3.80. The van der Waals surface area contributed by atoms with E-state index in [-0.39, 0.29) is 0 Å². The lowest BCUT2D eigenvalue weighted by molar-refractivity contribution is 0.356. The molecular weight excluding hydrogens is 332 g/mol. The number of rotatable bonds is 4. The van der Waals surface area contributed by atoms with Crippen LogP contribution in [0.2, 0.25) is 0 Å². The van der Waals surface area contributed by atoms with Gasteiger partial charge in [0.2, 0.25) is 5.95 Å². The van der Waals surface area contributed by atoms with E-state index in [1.165, 1.54) is 12.8 Å². The quantitative estimate of drug-likeness (QED) is 0.873. The van der Waals surface area contributed by atoms with Gasteiger partial charge >= 0.3 is 0 Å². The van der Waals surface area contributed by atoms with Gasteiger partial charge in [-0.25, -0.2) is 15.0 Å². The van der Waals surface area contributed by atoms with E-state index in [1.807, 2.05) is 19.2 Å². The maximum Gasteiger partial charge on any atom is 0.225 e. The molecule has 7 heteroatoms. The van der Waals surface area contributed by atoms with Crippen molar-refractivity contribution in [3.05, 3.63) is 23.0 Å². The third-order valence-electron chi connectivity index (χ3n) is 5.06. The van der Waals surface area contributed by atoms with Crippen LogP contribution in [0.4, 0.5) is 5.95 Å². The van der Waals surface area contributed by atoms with Crippen LogP contribution in [-0.2, 0) is 0 Å². The number of aromatic nitrogens is 3. The summed E-state index contributed by atoms with van der Waals surface area (Å²) in [6, 6.07) is 3.19. The van der Waals surface area contributed by atoms with Crippen molar-refractivity contribution in [2.75, 3.05) is 31.1 Å². The lowest BCUT2D eigenvalue weighted by Gasteiger charge is -2.27. The summed E-state index contributed by atoms with van der Waals surface area (Å²) < 4.78 is 0. The molecule has 2 aromatic rings. The van der Waals surface area contributed by atoms with E-state index >= 15 is 0 Å².